The van der Waals surface area contributed by atoms with Gasteiger partial charge in [-0.1, -0.05) is 30.3 Å². The van der Waals surface area contributed by atoms with Gasteiger partial charge in [0.15, 0.2) is 5.69 Å². The quantitative estimate of drug-likeness (QED) is 0.873. The first kappa shape index (κ1) is 14.5. The number of hydrogen-bond donors (Lipinski definition) is 0. The average molecular weight is 297 g/mol. The molecule has 1 aromatic heterocycles. The lowest BCUT2D eigenvalue weighted by molar-refractivity contribution is 0.0705. The summed E-state index contributed by atoms with van der Waals surface area (Å²) in [6.45, 7) is 1.51. The minimum Gasteiger partial charge on any atom is -0.480 e. The predicted octanol–water partition coefficient (Wildman–Crippen LogP) is 2.51. The van der Waals surface area contributed by atoms with Crippen molar-refractivity contribution >= 4 is 5.91 Å². The molecule has 0 unspecified atom stereocenters. The first-order valence-electron chi connectivity index (χ1n) is 7.50. The van der Waals surface area contributed by atoms with Crippen LogP contribution >= 0.6 is 0 Å². The van der Waals surface area contributed by atoms with Crippen LogP contribution in [0.3, 0.4) is 0 Å². The topological polar surface area (TPSA) is 55.3 Å². The van der Waals surface area contributed by atoms with Gasteiger partial charge in [-0.3, -0.25) is 4.79 Å². The number of rotatable bonds is 3. The minimum atomic E-state index is -0.0540. The van der Waals surface area contributed by atoms with E-state index in [-0.39, 0.29) is 5.91 Å². The Morgan fingerprint density at radius 3 is 2.41 bits per heavy atom. The summed E-state index contributed by atoms with van der Waals surface area (Å²) in [5, 5.41) is 7.79. The second-order valence-corrected chi connectivity index (χ2v) is 5.44. The molecule has 2 aromatic rings. The summed E-state index contributed by atoms with van der Waals surface area (Å²) >= 11 is 0. The van der Waals surface area contributed by atoms with Crippen LogP contribution in [0.1, 0.15) is 34.8 Å². The van der Waals surface area contributed by atoms with Crippen molar-refractivity contribution in [1.82, 2.24) is 15.1 Å². The Labute approximate surface area is 129 Å². The van der Waals surface area contributed by atoms with Gasteiger partial charge in [-0.15, -0.1) is 10.2 Å². The molecule has 0 radical (unpaired) electrons. The molecule has 0 N–H and O–H groups in total. The summed E-state index contributed by atoms with van der Waals surface area (Å²) in [5.41, 5.74) is 1.73. The molecule has 3 rings (SSSR count). The standard InChI is InChI=1S/C17H19N3O2/c1-22-16-8-7-15(18-19-16)17(21)20-11-9-14(10-12-20)13-5-3-2-4-6-13/h2-8,14H,9-12H2,1H3. The first-order chi connectivity index (χ1) is 10.8. The highest BCUT2D eigenvalue weighted by Gasteiger charge is 2.25. The average Bonchev–Trinajstić information content (AvgIpc) is 2.62. The Bertz CT molecular complexity index is 620. The number of likely N-dealkylation sites (tertiary alicyclic amines) is 1. The number of carbonyl (C=O) groups is 1. The Hall–Kier alpha value is -2.43. The lowest BCUT2D eigenvalue weighted by Crippen LogP contribution is -2.38. The molecule has 0 aliphatic carbocycles. The molecule has 5 nitrogen and oxygen atoms in total. The van der Waals surface area contributed by atoms with E-state index in [2.05, 4.69) is 34.5 Å². The van der Waals surface area contributed by atoms with E-state index < -0.39 is 0 Å². The number of nitrogens with zero attached hydrogens (tertiary/aromatic N) is 3. The molecule has 1 aromatic carbocycles. The van der Waals surface area contributed by atoms with E-state index in [0.717, 1.165) is 25.9 Å². The van der Waals surface area contributed by atoms with Gasteiger partial charge in [-0.2, -0.15) is 0 Å². The smallest absolute Gasteiger partial charge is 0.274 e. The van der Waals surface area contributed by atoms with Crippen LogP contribution in [-0.4, -0.2) is 41.2 Å². The highest BCUT2D eigenvalue weighted by Crippen LogP contribution is 2.28. The van der Waals surface area contributed by atoms with Crippen LogP contribution in [-0.2, 0) is 0 Å². The molecule has 22 heavy (non-hydrogen) atoms. The lowest BCUT2D eigenvalue weighted by Gasteiger charge is -2.32. The summed E-state index contributed by atoms with van der Waals surface area (Å²) in [4.78, 5) is 14.3. The normalized spacial score (nSPS) is 15.6. The molecule has 2 heterocycles. The van der Waals surface area contributed by atoms with E-state index >= 15 is 0 Å². The van der Waals surface area contributed by atoms with Gasteiger partial charge in [0.1, 0.15) is 0 Å². The van der Waals surface area contributed by atoms with Gasteiger partial charge in [-0.05, 0) is 30.4 Å². The molecule has 0 spiro atoms. The number of piperidine rings is 1. The zero-order valence-corrected chi connectivity index (χ0v) is 12.6. The molecule has 1 saturated heterocycles. The van der Waals surface area contributed by atoms with Crippen molar-refractivity contribution in [2.75, 3.05) is 20.2 Å². The minimum absolute atomic E-state index is 0.0540. The zero-order chi connectivity index (χ0) is 15.4. The number of methoxy groups -OCH3 is 1. The molecule has 0 bridgehead atoms. The number of benzene rings is 1. The first-order valence-corrected chi connectivity index (χ1v) is 7.50. The maximum absolute atomic E-state index is 12.4. The van der Waals surface area contributed by atoms with Crippen molar-refractivity contribution in [3.8, 4) is 5.88 Å². The SMILES string of the molecule is COc1ccc(C(=O)N2CCC(c3ccccc3)CC2)nn1. The lowest BCUT2D eigenvalue weighted by atomic mass is 9.89. The van der Waals surface area contributed by atoms with Gasteiger partial charge in [0.2, 0.25) is 5.88 Å². The summed E-state index contributed by atoms with van der Waals surface area (Å²) in [6.07, 6.45) is 1.97. The molecule has 0 saturated carbocycles. The zero-order valence-electron chi connectivity index (χ0n) is 12.6. The van der Waals surface area contributed by atoms with Crippen molar-refractivity contribution in [3.63, 3.8) is 0 Å². The third-order valence-corrected chi connectivity index (χ3v) is 4.12. The van der Waals surface area contributed by atoms with Crippen molar-refractivity contribution in [2.45, 2.75) is 18.8 Å². The second-order valence-electron chi connectivity index (χ2n) is 5.44. The maximum atomic E-state index is 12.4. The maximum Gasteiger partial charge on any atom is 0.274 e. The number of ether oxygens (including phenoxy) is 1. The van der Waals surface area contributed by atoms with E-state index in [1.165, 1.54) is 12.7 Å². The monoisotopic (exact) mass is 297 g/mol. The molecule has 1 aliphatic heterocycles. The van der Waals surface area contributed by atoms with Crippen molar-refractivity contribution in [3.05, 3.63) is 53.7 Å². The molecule has 1 fully saturated rings. The summed E-state index contributed by atoms with van der Waals surface area (Å²) in [7, 11) is 1.53. The summed E-state index contributed by atoms with van der Waals surface area (Å²) in [6, 6.07) is 13.8. The Kier molecular flexibility index (Phi) is 4.32. The summed E-state index contributed by atoms with van der Waals surface area (Å²) < 4.78 is 4.96. The molecule has 114 valence electrons. The number of carbonyl (C=O) groups excluding carboxylic acids is 1. The molecular formula is C17H19N3O2. The largest absolute Gasteiger partial charge is 0.480 e. The number of aromatic nitrogens is 2. The van der Waals surface area contributed by atoms with Crippen LogP contribution in [0.15, 0.2) is 42.5 Å². The fourth-order valence-corrected chi connectivity index (χ4v) is 2.85. The van der Waals surface area contributed by atoms with Crippen LogP contribution in [0, 0.1) is 0 Å². The predicted molar refractivity (Wildman–Crippen MR) is 82.9 cm³/mol. The Morgan fingerprint density at radius 2 is 1.82 bits per heavy atom. The third kappa shape index (κ3) is 3.08. The second kappa shape index (κ2) is 6.56. The molecule has 1 amide bonds. The third-order valence-electron chi connectivity index (χ3n) is 4.12. The van der Waals surface area contributed by atoms with Gasteiger partial charge in [-0.25, -0.2) is 0 Å². The van der Waals surface area contributed by atoms with E-state index in [0.29, 0.717) is 17.5 Å². The highest BCUT2D eigenvalue weighted by atomic mass is 16.5. The van der Waals surface area contributed by atoms with E-state index in [1.807, 2.05) is 11.0 Å². The van der Waals surface area contributed by atoms with Gasteiger partial charge < -0.3 is 9.64 Å². The Morgan fingerprint density at radius 1 is 1.09 bits per heavy atom. The van der Waals surface area contributed by atoms with E-state index in [9.17, 15) is 4.79 Å². The van der Waals surface area contributed by atoms with Crippen LogP contribution < -0.4 is 4.74 Å². The van der Waals surface area contributed by atoms with Crippen LogP contribution in [0.2, 0.25) is 0 Å². The van der Waals surface area contributed by atoms with Gasteiger partial charge in [0.05, 0.1) is 7.11 Å². The molecular weight excluding hydrogens is 278 g/mol. The number of hydrogen-bond acceptors (Lipinski definition) is 4. The van der Waals surface area contributed by atoms with E-state index in [4.69, 9.17) is 4.74 Å². The van der Waals surface area contributed by atoms with Crippen LogP contribution in [0.25, 0.3) is 0 Å². The van der Waals surface area contributed by atoms with Crippen molar-refractivity contribution in [1.29, 1.82) is 0 Å². The molecule has 5 heteroatoms. The number of amides is 1. The van der Waals surface area contributed by atoms with Crippen LogP contribution in [0.5, 0.6) is 5.88 Å². The van der Waals surface area contributed by atoms with E-state index in [1.54, 1.807) is 12.1 Å². The molecule has 0 atom stereocenters. The van der Waals surface area contributed by atoms with Crippen molar-refractivity contribution < 1.29 is 9.53 Å². The Balaban J connectivity index is 1.62. The molecule has 1 aliphatic rings. The van der Waals surface area contributed by atoms with Gasteiger partial charge in [0.25, 0.3) is 5.91 Å². The fourth-order valence-electron chi connectivity index (χ4n) is 2.85. The fraction of sp³-hybridized carbons (Fsp3) is 0.353. The van der Waals surface area contributed by atoms with Gasteiger partial charge >= 0.3 is 0 Å². The highest BCUT2D eigenvalue weighted by molar-refractivity contribution is 5.92. The van der Waals surface area contributed by atoms with Crippen molar-refractivity contribution in [2.24, 2.45) is 0 Å². The summed E-state index contributed by atoms with van der Waals surface area (Å²) in [5.74, 6) is 0.896. The van der Waals surface area contributed by atoms with Crippen LogP contribution in [0.4, 0.5) is 0 Å². The van der Waals surface area contributed by atoms with Gasteiger partial charge in [0, 0.05) is 19.2 Å².